The molecule has 1 aromatic carbocycles. The lowest BCUT2D eigenvalue weighted by atomic mass is 9.87. The molecule has 0 saturated heterocycles. The van der Waals surface area contributed by atoms with Crippen LogP contribution >= 0.6 is 0 Å². The molecule has 0 unspecified atom stereocenters. The highest BCUT2D eigenvalue weighted by molar-refractivity contribution is 6.03. The third kappa shape index (κ3) is 5.70. The Labute approximate surface area is 160 Å². The number of fused-ring (bicyclic) bond motifs is 1. The van der Waals surface area contributed by atoms with Crippen molar-refractivity contribution >= 4 is 18.0 Å². The zero-order valence-electron chi connectivity index (χ0n) is 16.8. The van der Waals surface area contributed by atoms with E-state index >= 15 is 0 Å². The third-order valence-corrected chi connectivity index (χ3v) is 3.79. The molecule has 0 saturated carbocycles. The van der Waals surface area contributed by atoms with Crippen LogP contribution in [0.1, 0.15) is 63.9 Å². The number of benzene rings is 1. The van der Waals surface area contributed by atoms with Crippen LogP contribution in [0, 0.1) is 0 Å². The smallest absolute Gasteiger partial charge is 0.430 e. The van der Waals surface area contributed by atoms with E-state index in [9.17, 15) is 14.4 Å². The van der Waals surface area contributed by atoms with Crippen molar-refractivity contribution in [2.45, 2.75) is 71.6 Å². The molecule has 148 valence electrons. The average molecular weight is 376 g/mol. The Kier molecular flexibility index (Phi) is 5.82. The van der Waals surface area contributed by atoms with Gasteiger partial charge >= 0.3 is 12.2 Å². The Balaban J connectivity index is 2.28. The monoisotopic (exact) mass is 376 g/mol. The molecule has 0 aromatic heterocycles. The number of carbonyl (C=O) groups excluding carboxylic acids is 3. The minimum atomic E-state index is -0.859. The number of hydrogen-bond donors (Lipinski definition) is 1. The largest absolute Gasteiger partial charge is 0.443 e. The highest BCUT2D eigenvalue weighted by atomic mass is 16.6. The van der Waals surface area contributed by atoms with Crippen molar-refractivity contribution in [2.24, 2.45) is 0 Å². The second-order valence-electron chi connectivity index (χ2n) is 8.54. The summed E-state index contributed by atoms with van der Waals surface area (Å²) < 4.78 is 10.6. The van der Waals surface area contributed by atoms with Gasteiger partial charge in [-0.3, -0.25) is 4.79 Å². The molecule has 0 fully saturated rings. The maximum atomic E-state index is 13.0. The zero-order valence-corrected chi connectivity index (χ0v) is 16.8. The van der Waals surface area contributed by atoms with Crippen LogP contribution in [-0.2, 0) is 15.9 Å². The molecule has 7 heteroatoms. The third-order valence-electron chi connectivity index (χ3n) is 3.79. The van der Waals surface area contributed by atoms with E-state index in [4.69, 9.17) is 9.47 Å². The van der Waals surface area contributed by atoms with Gasteiger partial charge in [-0.2, -0.15) is 0 Å². The number of carbonyl (C=O) groups is 3. The lowest BCUT2D eigenvalue weighted by molar-refractivity contribution is -0.00898. The number of nitrogens with one attached hydrogen (secondary N) is 1. The van der Waals surface area contributed by atoms with Crippen LogP contribution in [0.25, 0.3) is 0 Å². The number of nitrogens with zero attached hydrogens (tertiary/aromatic N) is 1. The molecule has 1 atom stereocenters. The molecule has 0 heterocycles. The SMILES string of the molecule is CC(C)(C)OC(=O)NN(C(=O)OC(C)(C)C)[C@H]1CCc2ccccc2C1=O. The van der Waals surface area contributed by atoms with Crippen molar-refractivity contribution in [3.63, 3.8) is 0 Å². The molecule has 1 N–H and O–H groups in total. The van der Waals surface area contributed by atoms with E-state index < -0.39 is 29.4 Å². The summed E-state index contributed by atoms with van der Waals surface area (Å²) in [7, 11) is 0. The van der Waals surface area contributed by atoms with E-state index in [1.165, 1.54) is 0 Å². The number of ketones is 1. The Morgan fingerprint density at radius 3 is 2.22 bits per heavy atom. The van der Waals surface area contributed by atoms with Gasteiger partial charge in [-0.25, -0.2) is 20.0 Å². The molecule has 0 radical (unpaired) electrons. The first kappa shape index (κ1) is 20.7. The van der Waals surface area contributed by atoms with Gasteiger partial charge in [-0.1, -0.05) is 24.3 Å². The molecule has 2 amide bonds. The fourth-order valence-corrected chi connectivity index (χ4v) is 2.79. The van der Waals surface area contributed by atoms with Crippen molar-refractivity contribution in [3.8, 4) is 0 Å². The van der Waals surface area contributed by atoms with Gasteiger partial charge in [0.2, 0.25) is 0 Å². The molecule has 0 bridgehead atoms. The summed E-state index contributed by atoms with van der Waals surface area (Å²) in [6, 6.07) is 6.41. The second-order valence-corrected chi connectivity index (χ2v) is 8.54. The Bertz CT molecular complexity index is 731. The molecule has 0 aliphatic heterocycles. The summed E-state index contributed by atoms with van der Waals surface area (Å²) in [6.45, 7) is 10.3. The number of rotatable bonds is 1. The van der Waals surface area contributed by atoms with E-state index in [-0.39, 0.29) is 5.78 Å². The number of Topliss-reactive ketones (excluding diaryl/α,β-unsaturated/α-hetero) is 1. The van der Waals surface area contributed by atoms with E-state index in [0.717, 1.165) is 10.6 Å². The maximum absolute atomic E-state index is 13.0. The van der Waals surface area contributed by atoms with Crippen LogP contribution in [0.4, 0.5) is 9.59 Å². The summed E-state index contributed by atoms with van der Waals surface area (Å²) in [5.74, 6) is -0.237. The van der Waals surface area contributed by atoms with Crippen LogP contribution in [0.2, 0.25) is 0 Å². The van der Waals surface area contributed by atoms with Crippen LogP contribution < -0.4 is 5.43 Å². The van der Waals surface area contributed by atoms with Gasteiger partial charge in [0.15, 0.2) is 5.78 Å². The summed E-state index contributed by atoms with van der Waals surface area (Å²) in [5.41, 5.74) is 2.36. The lowest BCUT2D eigenvalue weighted by Gasteiger charge is -2.35. The molecule has 7 nitrogen and oxygen atoms in total. The van der Waals surface area contributed by atoms with Crippen molar-refractivity contribution < 1.29 is 23.9 Å². The fraction of sp³-hybridized carbons (Fsp3) is 0.550. The number of ether oxygens (including phenoxy) is 2. The molecule has 2 rings (SSSR count). The zero-order chi connectivity index (χ0) is 20.4. The summed E-state index contributed by atoms with van der Waals surface area (Å²) in [4.78, 5) is 37.9. The summed E-state index contributed by atoms with van der Waals surface area (Å²) in [5, 5.41) is 0.956. The normalized spacial score (nSPS) is 17.0. The fourth-order valence-electron chi connectivity index (χ4n) is 2.79. The quantitative estimate of drug-likeness (QED) is 0.752. The Morgan fingerprint density at radius 2 is 1.63 bits per heavy atom. The average Bonchev–Trinajstić information content (AvgIpc) is 2.50. The molecule has 1 aliphatic rings. The molecule has 27 heavy (non-hydrogen) atoms. The molecular weight excluding hydrogens is 348 g/mol. The van der Waals surface area contributed by atoms with E-state index in [2.05, 4.69) is 5.43 Å². The van der Waals surface area contributed by atoms with Crippen LogP contribution in [-0.4, -0.2) is 40.2 Å². The van der Waals surface area contributed by atoms with Gasteiger partial charge < -0.3 is 9.47 Å². The molecular formula is C20H28N2O5. The molecule has 0 spiro atoms. The first-order valence-electron chi connectivity index (χ1n) is 9.01. The van der Waals surface area contributed by atoms with Crippen molar-refractivity contribution in [2.75, 3.05) is 0 Å². The molecule has 1 aliphatic carbocycles. The van der Waals surface area contributed by atoms with Crippen LogP contribution in [0.15, 0.2) is 24.3 Å². The van der Waals surface area contributed by atoms with E-state index in [0.29, 0.717) is 18.4 Å². The maximum Gasteiger partial charge on any atom is 0.430 e. The number of amides is 2. The van der Waals surface area contributed by atoms with Gasteiger partial charge in [0.25, 0.3) is 0 Å². The predicted octanol–water partition coefficient (Wildman–Crippen LogP) is 3.86. The summed E-state index contributed by atoms with van der Waals surface area (Å²) >= 11 is 0. The first-order valence-corrected chi connectivity index (χ1v) is 9.01. The van der Waals surface area contributed by atoms with Crippen molar-refractivity contribution in [1.82, 2.24) is 10.4 Å². The van der Waals surface area contributed by atoms with E-state index in [1.54, 1.807) is 53.7 Å². The van der Waals surface area contributed by atoms with Crippen molar-refractivity contribution in [1.29, 1.82) is 0 Å². The standard InChI is InChI=1S/C20H28N2O5/c1-19(2,3)26-17(24)21-22(18(25)27-20(4,5)6)15-12-11-13-9-7-8-10-14(13)16(15)23/h7-10,15H,11-12H2,1-6H3,(H,21,24)/t15-/m0/s1. The summed E-state index contributed by atoms with van der Waals surface area (Å²) in [6.07, 6.45) is -0.627. The van der Waals surface area contributed by atoms with Gasteiger partial charge in [0, 0.05) is 5.56 Å². The highest BCUT2D eigenvalue weighted by Crippen LogP contribution is 2.25. The Morgan fingerprint density at radius 1 is 1.04 bits per heavy atom. The highest BCUT2D eigenvalue weighted by Gasteiger charge is 2.38. The minimum absolute atomic E-state index is 0.237. The molecule has 1 aromatic rings. The topological polar surface area (TPSA) is 84.9 Å². The predicted molar refractivity (Wildman–Crippen MR) is 100 cm³/mol. The first-order chi connectivity index (χ1) is 12.4. The van der Waals surface area contributed by atoms with Gasteiger partial charge in [-0.05, 0) is 59.9 Å². The van der Waals surface area contributed by atoms with Gasteiger partial charge in [0.05, 0.1) is 0 Å². The lowest BCUT2D eigenvalue weighted by Crippen LogP contribution is -2.57. The number of aryl methyl sites for hydroxylation is 1. The Hall–Kier alpha value is -2.57. The number of hydrazine groups is 1. The van der Waals surface area contributed by atoms with Gasteiger partial charge in [-0.15, -0.1) is 0 Å². The van der Waals surface area contributed by atoms with Crippen molar-refractivity contribution in [3.05, 3.63) is 35.4 Å². The van der Waals surface area contributed by atoms with Crippen LogP contribution in [0.5, 0.6) is 0 Å². The minimum Gasteiger partial charge on any atom is -0.443 e. The van der Waals surface area contributed by atoms with Crippen LogP contribution in [0.3, 0.4) is 0 Å². The second kappa shape index (κ2) is 7.58. The van der Waals surface area contributed by atoms with Gasteiger partial charge in [0.1, 0.15) is 17.2 Å². The number of hydrogen-bond acceptors (Lipinski definition) is 5. The van der Waals surface area contributed by atoms with E-state index in [1.807, 2.05) is 12.1 Å².